The lowest BCUT2D eigenvalue weighted by Crippen LogP contribution is -2.50. The zero-order valence-corrected chi connectivity index (χ0v) is 19.3. The van der Waals surface area contributed by atoms with Crippen LogP contribution in [-0.4, -0.2) is 30.3 Å². The summed E-state index contributed by atoms with van der Waals surface area (Å²) in [4.78, 5) is 13.5. The van der Waals surface area contributed by atoms with Crippen LogP contribution < -0.4 is 20.3 Å². The Morgan fingerprint density at radius 3 is 2.50 bits per heavy atom. The van der Waals surface area contributed by atoms with E-state index in [4.69, 9.17) is 27.9 Å². The smallest absolute Gasteiger partial charge is 0.312 e. The Hall–Kier alpha value is -2.64. The van der Waals surface area contributed by atoms with E-state index < -0.39 is 5.66 Å². The van der Waals surface area contributed by atoms with Crippen molar-refractivity contribution in [3.05, 3.63) is 74.5 Å². The topological polar surface area (TPSA) is 79.7 Å². The Morgan fingerprint density at radius 1 is 1.12 bits per heavy atom. The number of anilines is 1. The molecule has 2 aromatic rings. The van der Waals surface area contributed by atoms with Gasteiger partial charge < -0.3 is 20.3 Å². The number of nitrogens with one attached hydrogen (secondary N) is 2. The molecule has 0 aliphatic carbocycles. The summed E-state index contributed by atoms with van der Waals surface area (Å²) < 4.78 is 5.78. The molecule has 170 valence electrons. The highest BCUT2D eigenvalue weighted by Gasteiger charge is 2.28. The summed E-state index contributed by atoms with van der Waals surface area (Å²) in [5.41, 5.74) is 1.53. The number of halogens is 2. The molecular weight excluding hydrogens is 451 g/mol. The third-order valence-electron chi connectivity index (χ3n) is 6.03. The van der Waals surface area contributed by atoms with Crippen LogP contribution in [0.4, 0.5) is 11.4 Å². The third kappa shape index (κ3) is 5.22. The number of nitro groups is 1. The van der Waals surface area contributed by atoms with Gasteiger partial charge in [-0.15, -0.1) is 0 Å². The van der Waals surface area contributed by atoms with Gasteiger partial charge in [-0.1, -0.05) is 29.3 Å². The Labute approximate surface area is 197 Å². The maximum atomic E-state index is 11.7. The molecule has 0 bridgehead atoms. The van der Waals surface area contributed by atoms with E-state index in [-0.39, 0.29) is 23.0 Å². The first-order valence-electron chi connectivity index (χ1n) is 10.6. The first-order chi connectivity index (χ1) is 15.3. The van der Waals surface area contributed by atoms with Gasteiger partial charge in [0.2, 0.25) is 0 Å². The van der Waals surface area contributed by atoms with Gasteiger partial charge in [0, 0.05) is 37.2 Å². The third-order valence-corrected chi connectivity index (χ3v) is 6.77. The number of piperidine rings is 1. The van der Waals surface area contributed by atoms with Gasteiger partial charge in [-0.25, -0.2) is 0 Å². The summed E-state index contributed by atoms with van der Waals surface area (Å²) in [7, 11) is 0. The molecule has 7 nitrogen and oxygen atoms in total. The van der Waals surface area contributed by atoms with Crippen LogP contribution in [0.1, 0.15) is 25.3 Å². The number of hydrogen-bond donors (Lipinski definition) is 2. The fourth-order valence-corrected chi connectivity index (χ4v) is 4.48. The Morgan fingerprint density at radius 2 is 1.84 bits per heavy atom. The van der Waals surface area contributed by atoms with Crippen LogP contribution in [0.5, 0.6) is 5.75 Å². The molecule has 2 aromatic carbocycles. The molecule has 2 heterocycles. The second-order valence-corrected chi connectivity index (χ2v) is 9.35. The molecule has 1 saturated heterocycles. The minimum absolute atomic E-state index is 0.0185. The Bertz CT molecular complexity index is 1010. The molecular formula is C23H26Cl2N4O3. The fourth-order valence-electron chi connectivity index (χ4n) is 4.16. The average Bonchev–Trinajstić information content (AvgIpc) is 3.22. The minimum atomic E-state index is -0.483. The number of benzene rings is 2. The first kappa shape index (κ1) is 22.6. The van der Waals surface area contributed by atoms with Crippen LogP contribution in [0.15, 0.2) is 48.8 Å². The lowest BCUT2D eigenvalue weighted by Gasteiger charge is -2.33. The second kappa shape index (κ2) is 9.46. The highest BCUT2D eigenvalue weighted by atomic mass is 35.5. The number of rotatable bonds is 7. The van der Waals surface area contributed by atoms with E-state index in [0.717, 1.165) is 38.0 Å². The summed E-state index contributed by atoms with van der Waals surface area (Å²) in [5, 5.41) is 19.1. The predicted octanol–water partition coefficient (Wildman–Crippen LogP) is 5.12. The Kier molecular flexibility index (Phi) is 6.67. The van der Waals surface area contributed by atoms with Crippen LogP contribution in [0.2, 0.25) is 10.0 Å². The van der Waals surface area contributed by atoms with Crippen molar-refractivity contribution in [2.45, 2.75) is 31.8 Å². The van der Waals surface area contributed by atoms with Gasteiger partial charge in [0.05, 0.1) is 15.0 Å². The van der Waals surface area contributed by atoms with E-state index >= 15 is 0 Å². The van der Waals surface area contributed by atoms with Crippen molar-refractivity contribution in [2.75, 3.05) is 24.6 Å². The Balaban J connectivity index is 1.38. The van der Waals surface area contributed by atoms with Gasteiger partial charge in [-0.05, 0) is 61.9 Å². The molecule has 0 saturated carbocycles. The summed E-state index contributed by atoms with van der Waals surface area (Å²) in [6.45, 7) is 3.87. The normalized spacial score (nSPS) is 17.7. The van der Waals surface area contributed by atoms with Gasteiger partial charge in [-0.3, -0.25) is 10.1 Å². The number of nitrogens with zero attached hydrogens (tertiary/aromatic N) is 2. The van der Waals surface area contributed by atoms with Gasteiger partial charge in [-0.2, -0.15) is 0 Å². The predicted molar refractivity (Wildman–Crippen MR) is 128 cm³/mol. The molecule has 0 atom stereocenters. The molecule has 2 aliphatic heterocycles. The molecule has 32 heavy (non-hydrogen) atoms. The molecule has 0 radical (unpaired) electrons. The number of ether oxygens (including phenoxy) is 1. The summed E-state index contributed by atoms with van der Waals surface area (Å²) in [6.07, 6.45) is 6.54. The van der Waals surface area contributed by atoms with Crippen LogP contribution >= 0.6 is 23.2 Å². The number of hydrogen-bond acceptors (Lipinski definition) is 6. The molecule has 0 aromatic heterocycles. The maximum absolute atomic E-state index is 11.7. The lowest BCUT2D eigenvalue weighted by molar-refractivity contribution is -0.385. The molecule has 0 unspecified atom stereocenters. The fraction of sp³-hybridized carbons (Fsp3) is 0.391. The van der Waals surface area contributed by atoms with Gasteiger partial charge in [0.15, 0.2) is 5.75 Å². The van der Waals surface area contributed by atoms with Crippen LogP contribution in [-0.2, 0) is 6.42 Å². The second-order valence-electron chi connectivity index (χ2n) is 8.53. The van der Waals surface area contributed by atoms with E-state index in [9.17, 15) is 10.1 Å². The molecule has 2 aliphatic rings. The molecule has 1 fully saturated rings. The van der Waals surface area contributed by atoms with E-state index in [1.807, 2.05) is 31.2 Å². The largest absolute Gasteiger partial charge is 0.482 e. The molecule has 2 N–H and O–H groups in total. The maximum Gasteiger partial charge on any atom is 0.312 e. The van der Waals surface area contributed by atoms with Crippen molar-refractivity contribution >= 4 is 34.6 Å². The monoisotopic (exact) mass is 476 g/mol. The average molecular weight is 477 g/mol. The van der Waals surface area contributed by atoms with Gasteiger partial charge >= 0.3 is 5.69 Å². The van der Waals surface area contributed by atoms with E-state index in [0.29, 0.717) is 16.0 Å². The highest BCUT2D eigenvalue weighted by Crippen LogP contribution is 2.34. The molecule has 0 amide bonds. The zero-order valence-electron chi connectivity index (χ0n) is 17.8. The quantitative estimate of drug-likeness (QED) is 0.426. The van der Waals surface area contributed by atoms with Crippen LogP contribution in [0, 0.1) is 16.0 Å². The summed E-state index contributed by atoms with van der Waals surface area (Å²) in [5.74, 6) is 0.812. The van der Waals surface area contributed by atoms with Crippen molar-refractivity contribution in [2.24, 2.45) is 5.92 Å². The van der Waals surface area contributed by atoms with Crippen molar-refractivity contribution in [1.29, 1.82) is 0 Å². The van der Waals surface area contributed by atoms with Crippen LogP contribution in [0.25, 0.3) is 0 Å². The number of nitro benzene ring substituents is 1. The first-order valence-corrected chi connectivity index (χ1v) is 11.4. The molecule has 9 heteroatoms. The van der Waals surface area contributed by atoms with E-state index in [2.05, 4.69) is 15.5 Å². The van der Waals surface area contributed by atoms with Crippen molar-refractivity contribution < 1.29 is 9.66 Å². The van der Waals surface area contributed by atoms with Gasteiger partial charge in [0.1, 0.15) is 12.3 Å². The van der Waals surface area contributed by atoms with E-state index in [1.165, 1.54) is 5.56 Å². The standard InChI is InChI=1S/C23H26Cl2N4O3/c1-23(26-8-9-27-23)15-32-22-5-3-18(14-21(22)29(30)31)28-10-6-16(7-11-28)12-17-2-4-19(24)20(25)13-17/h2-5,8-9,13-14,16,26-27H,6-7,10-12,15H2,1H3. The SMILES string of the molecule is CC1(COc2ccc(N3CCC(Cc4ccc(Cl)c(Cl)c4)CC3)cc2[N+](=O)[O-])NC=CN1. The molecule has 4 rings (SSSR count). The van der Waals surface area contributed by atoms with Crippen molar-refractivity contribution in [1.82, 2.24) is 10.6 Å². The lowest BCUT2D eigenvalue weighted by atomic mass is 9.90. The van der Waals surface area contributed by atoms with E-state index in [1.54, 1.807) is 24.5 Å². The zero-order chi connectivity index (χ0) is 22.7. The summed E-state index contributed by atoms with van der Waals surface area (Å²) >= 11 is 12.2. The van der Waals surface area contributed by atoms with Crippen LogP contribution in [0.3, 0.4) is 0 Å². The summed E-state index contributed by atoms with van der Waals surface area (Å²) in [6, 6.07) is 11.0. The van der Waals surface area contributed by atoms with Crippen molar-refractivity contribution in [3.8, 4) is 5.75 Å². The highest BCUT2D eigenvalue weighted by molar-refractivity contribution is 6.42. The van der Waals surface area contributed by atoms with Crippen molar-refractivity contribution in [3.63, 3.8) is 0 Å². The minimum Gasteiger partial charge on any atom is -0.482 e. The van der Waals surface area contributed by atoms with Gasteiger partial charge in [0.25, 0.3) is 0 Å². The molecule has 0 spiro atoms.